The number of carboxylic acids is 1. The molecule has 0 saturated heterocycles. The van der Waals surface area contributed by atoms with Crippen molar-refractivity contribution in [2.75, 3.05) is 7.11 Å². The maximum absolute atomic E-state index is 10.5. The van der Waals surface area contributed by atoms with Crippen molar-refractivity contribution in [1.29, 1.82) is 0 Å². The van der Waals surface area contributed by atoms with Gasteiger partial charge in [-0.05, 0) is 17.5 Å². The molecule has 1 rings (SSSR count). The summed E-state index contributed by atoms with van der Waals surface area (Å²) in [5.74, 6) is -0.801. The van der Waals surface area contributed by atoms with Crippen LogP contribution in [0.2, 0.25) is 0 Å². The topological polar surface area (TPSA) is 46.5 Å². The molecule has 0 aliphatic rings. The van der Waals surface area contributed by atoms with Gasteiger partial charge >= 0.3 is 5.97 Å². The van der Waals surface area contributed by atoms with Crippen LogP contribution in [0.1, 0.15) is 37.0 Å². The molecule has 0 amide bonds. The lowest BCUT2D eigenvalue weighted by Crippen LogP contribution is -2.03. The van der Waals surface area contributed by atoms with Gasteiger partial charge in [0.15, 0.2) is 0 Å². The summed E-state index contributed by atoms with van der Waals surface area (Å²) in [5, 5.41) is 8.65. The van der Waals surface area contributed by atoms with Gasteiger partial charge in [-0.3, -0.25) is 4.79 Å². The number of ether oxygens (including phenoxy) is 1. The zero-order valence-electron chi connectivity index (χ0n) is 9.77. The van der Waals surface area contributed by atoms with E-state index in [1.807, 2.05) is 24.3 Å². The summed E-state index contributed by atoms with van der Waals surface area (Å²) in [7, 11) is 1.70. The molecule has 1 atom stereocenters. The van der Waals surface area contributed by atoms with E-state index in [9.17, 15) is 4.79 Å². The number of benzene rings is 1. The van der Waals surface area contributed by atoms with E-state index in [1.165, 1.54) is 0 Å². The minimum atomic E-state index is -0.801. The Morgan fingerprint density at radius 2 is 2.00 bits per heavy atom. The second-order valence-electron chi connectivity index (χ2n) is 3.83. The monoisotopic (exact) mass is 222 g/mol. The van der Waals surface area contributed by atoms with Crippen LogP contribution in [0.5, 0.6) is 0 Å². The Balaban J connectivity index is 2.72. The first-order chi connectivity index (χ1) is 7.67. The second-order valence-corrected chi connectivity index (χ2v) is 3.83. The SMILES string of the molecule is CCC[C@@H](OC)c1ccc(CC(=O)O)cc1. The summed E-state index contributed by atoms with van der Waals surface area (Å²) < 4.78 is 5.38. The molecule has 0 heterocycles. The Labute approximate surface area is 96.1 Å². The summed E-state index contributed by atoms with van der Waals surface area (Å²) in [6.07, 6.45) is 2.24. The average molecular weight is 222 g/mol. The third-order valence-electron chi connectivity index (χ3n) is 2.54. The van der Waals surface area contributed by atoms with Gasteiger partial charge in [0.25, 0.3) is 0 Å². The van der Waals surface area contributed by atoms with Crippen LogP contribution in [-0.4, -0.2) is 18.2 Å². The highest BCUT2D eigenvalue weighted by Gasteiger charge is 2.09. The molecule has 1 N–H and O–H groups in total. The maximum atomic E-state index is 10.5. The fourth-order valence-corrected chi connectivity index (χ4v) is 1.71. The lowest BCUT2D eigenvalue weighted by Gasteiger charge is -2.14. The second kappa shape index (κ2) is 6.28. The van der Waals surface area contributed by atoms with Crippen molar-refractivity contribution in [2.24, 2.45) is 0 Å². The molecule has 0 aliphatic carbocycles. The number of aliphatic carboxylic acids is 1. The fraction of sp³-hybridized carbons (Fsp3) is 0.462. The van der Waals surface area contributed by atoms with Crippen LogP contribution in [0.25, 0.3) is 0 Å². The standard InChI is InChI=1S/C13H18O3/c1-3-4-12(16-2)11-7-5-10(6-8-11)9-13(14)15/h5-8,12H,3-4,9H2,1-2H3,(H,14,15)/t12-/m1/s1. The van der Waals surface area contributed by atoms with Crippen LogP contribution in [-0.2, 0) is 16.0 Å². The van der Waals surface area contributed by atoms with E-state index in [0.717, 1.165) is 24.0 Å². The lowest BCUT2D eigenvalue weighted by atomic mass is 10.0. The molecular formula is C13H18O3. The highest BCUT2D eigenvalue weighted by atomic mass is 16.5. The number of hydrogen-bond acceptors (Lipinski definition) is 2. The Kier molecular flexibility index (Phi) is 4.99. The normalized spacial score (nSPS) is 12.4. The third-order valence-corrected chi connectivity index (χ3v) is 2.54. The highest BCUT2D eigenvalue weighted by molar-refractivity contribution is 5.70. The van der Waals surface area contributed by atoms with Crippen LogP contribution < -0.4 is 0 Å². The summed E-state index contributed by atoms with van der Waals surface area (Å²) >= 11 is 0. The average Bonchev–Trinajstić information content (AvgIpc) is 2.26. The predicted octanol–water partition coefficient (Wildman–Crippen LogP) is 2.80. The van der Waals surface area contributed by atoms with Crippen LogP contribution in [0, 0.1) is 0 Å². The van der Waals surface area contributed by atoms with Crippen molar-refractivity contribution in [3.63, 3.8) is 0 Å². The van der Waals surface area contributed by atoms with Crippen LogP contribution in [0.4, 0.5) is 0 Å². The first kappa shape index (κ1) is 12.7. The quantitative estimate of drug-likeness (QED) is 0.805. The molecule has 0 spiro atoms. The van der Waals surface area contributed by atoms with Gasteiger partial charge in [0.1, 0.15) is 0 Å². The Bertz CT molecular complexity index is 330. The molecule has 0 bridgehead atoms. The lowest BCUT2D eigenvalue weighted by molar-refractivity contribution is -0.136. The number of carboxylic acid groups (broad SMARTS) is 1. The van der Waals surface area contributed by atoms with Gasteiger partial charge < -0.3 is 9.84 Å². The maximum Gasteiger partial charge on any atom is 0.307 e. The fourth-order valence-electron chi connectivity index (χ4n) is 1.71. The van der Waals surface area contributed by atoms with E-state index in [0.29, 0.717) is 0 Å². The van der Waals surface area contributed by atoms with E-state index in [-0.39, 0.29) is 12.5 Å². The number of rotatable bonds is 6. The van der Waals surface area contributed by atoms with Crippen molar-refractivity contribution in [1.82, 2.24) is 0 Å². The number of methoxy groups -OCH3 is 1. The van der Waals surface area contributed by atoms with Crippen LogP contribution in [0.3, 0.4) is 0 Å². The summed E-state index contributed by atoms with van der Waals surface area (Å²) in [6, 6.07) is 7.60. The largest absolute Gasteiger partial charge is 0.481 e. The van der Waals surface area contributed by atoms with Crippen molar-refractivity contribution < 1.29 is 14.6 Å². The molecule has 0 radical (unpaired) electrons. The third kappa shape index (κ3) is 3.66. The highest BCUT2D eigenvalue weighted by Crippen LogP contribution is 2.22. The van der Waals surface area contributed by atoms with Gasteiger partial charge in [0, 0.05) is 7.11 Å². The molecule has 1 aromatic carbocycles. The minimum absolute atomic E-state index is 0.0751. The van der Waals surface area contributed by atoms with Crippen molar-refractivity contribution in [3.8, 4) is 0 Å². The van der Waals surface area contributed by atoms with Crippen molar-refractivity contribution >= 4 is 5.97 Å². The zero-order valence-corrected chi connectivity index (χ0v) is 9.77. The molecule has 1 aromatic rings. The molecular weight excluding hydrogens is 204 g/mol. The molecule has 16 heavy (non-hydrogen) atoms. The molecule has 0 aliphatic heterocycles. The Morgan fingerprint density at radius 1 is 1.38 bits per heavy atom. The smallest absolute Gasteiger partial charge is 0.307 e. The number of hydrogen-bond donors (Lipinski definition) is 1. The van der Waals surface area contributed by atoms with Crippen molar-refractivity contribution in [2.45, 2.75) is 32.3 Å². The van der Waals surface area contributed by atoms with Crippen molar-refractivity contribution in [3.05, 3.63) is 35.4 Å². The summed E-state index contributed by atoms with van der Waals surface area (Å²) in [4.78, 5) is 10.5. The van der Waals surface area contributed by atoms with E-state index in [1.54, 1.807) is 7.11 Å². The van der Waals surface area contributed by atoms with E-state index < -0.39 is 5.97 Å². The van der Waals surface area contributed by atoms with E-state index in [4.69, 9.17) is 9.84 Å². The molecule has 3 heteroatoms. The predicted molar refractivity (Wildman–Crippen MR) is 62.4 cm³/mol. The molecule has 0 fully saturated rings. The molecule has 0 unspecified atom stereocenters. The molecule has 0 saturated carbocycles. The van der Waals surface area contributed by atoms with E-state index in [2.05, 4.69) is 6.92 Å². The Hall–Kier alpha value is -1.35. The molecule has 88 valence electrons. The van der Waals surface area contributed by atoms with Crippen LogP contribution >= 0.6 is 0 Å². The summed E-state index contributed by atoms with van der Waals surface area (Å²) in [5.41, 5.74) is 1.93. The Morgan fingerprint density at radius 3 is 2.44 bits per heavy atom. The van der Waals surface area contributed by atoms with E-state index >= 15 is 0 Å². The summed E-state index contributed by atoms with van der Waals surface area (Å²) in [6.45, 7) is 2.12. The zero-order chi connectivity index (χ0) is 12.0. The number of carbonyl (C=O) groups is 1. The van der Waals surface area contributed by atoms with Gasteiger partial charge in [-0.25, -0.2) is 0 Å². The first-order valence-electron chi connectivity index (χ1n) is 5.50. The van der Waals surface area contributed by atoms with Gasteiger partial charge in [0.05, 0.1) is 12.5 Å². The van der Waals surface area contributed by atoms with Crippen LogP contribution in [0.15, 0.2) is 24.3 Å². The first-order valence-corrected chi connectivity index (χ1v) is 5.50. The molecule has 0 aromatic heterocycles. The minimum Gasteiger partial charge on any atom is -0.481 e. The van der Waals surface area contributed by atoms with Gasteiger partial charge in [0.2, 0.25) is 0 Å². The van der Waals surface area contributed by atoms with Gasteiger partial charge in [-0.2, -0.15) is 0 Å². The van der Waals surface area contributed by atoms with Gasteiger partial charge in [-0.15, -0.1) is 0 Å². The van der Waals surface area contributed by atoms with Gasteiger partial charge in [-0.1, -0.05) is 37.6 Å². The molecule has 3 nitrogen and oxygen atoms in total.